The van der Waals surface area contributed by atoms with E-state index in [1.165, 1.54) is 102 Å². The maximum Gasteiger partial charge on any atom is 0.306 e. The summed E-state index contributed by atoms with van der Waals surface area (Å²) in [5.41, 5.74) is 1.05. The molecule has 5 nitrogen and oxygen atoms in total. The number of ether oxygens (including phenoxy) is 3. The van der Waals surface area contributed by atoms with Crippen molar-refractivity contribution in [3.8, 4) is 0 Å². The molecular formula is C44H78O5Si. The Kier molecular flexibility index (Phi) is 24.3. The molecular weight excluding hydrogens is 637 g/mol. The SMILES string of the molecule is CCCCCCCCCC[C@@H]1OC(C)(C)O[C@H]1CC[C@H](C/C=C\CCCCCCCCCC(=O)OCc1ccccc1)O[Si](CC)(CC)CC. The Bertz CT molecular complexity index is 983. The second kappa shape index (κ2) is 27.2. The van der Waals surface area contributed by atoms with Crippen LogP contribution in [-0.2, 0) is 30.0 Å². The van der Waals surface area contributed by atoms with Crippen molar-refractivity contribution in [3.05, 3.63) is 48.0 Å². The predicted molar refractivity (Wildman–Crippen MR) is 214 cm³/mol. The fourth-order valence-electron chi connectivity index (χ4n) is 7.40. The third-order valence-corrected chi connectivity index (χ3v) is 15.5. The Labute approximate surface area is 310 Å². The largest absolute Gasteiger partial charge is 0.461 e. The zero-order valence-corrected chi connectivity index (χ0v) is 34.5. The van der Waals surface area contributed by atoms with Gasteiger partial charge in [0.1, 0.15) is 6.61 Å². The molecule has 0 aliphatic carbocycles. The van der Waals surface area contributed by atoms with Gasteiger partial charge in [0.15, 0.2) is 14.1 Å². The van der Waals surface area contributed by atoms with E-state index in [0.29, 0.717) is 13.0 Å². The maximum atomic E-state index is 12.0. The third kappa shape index (κ3) is 19.9. The van der Waals surface area contributed by atoms with E-state index in [9.17, 15) is 4.79 Å². The van der Waals surface area contributed by atoms with E-state index in [4.69, 9.17) is 18.6 Å². The molecule has 0 aromatic heterocycles. The van der Waals surface area contributed by atoms with Crippen molar-refractivity contribution in [1.82, 2.24) is 0 Å². The molecule has 0 N–H and O–H groups in total. The first-order valence-corrected chi connectivity index (χ1v) is 23.7. The van der Waals surface area contributed by atoms with Crippen LogP contribution in [0.2, 0.25) is 18.1 Å². The van der Waals surface area contributed by atoms with Gasteiger partial charge < -0.3 is 18.6 Å². The molecule has 2 rings (SSSR count). The molecule has 1 saturated heterocycles. The fourth-order valence-corrected chi connectivity index (χ4v) is 10.3. The number of benzene rings is 1. The quantitative estimate of drug-likeness (QED) is 0.0332. The molecule has 1 aliphatic rings. The van der Waals surface area contributed by atoms with Crippen LogP contribution in [0.1, 0.15) is 182 Å². The molecule has 0 radical (unpaired) electrons. The van der Waals surface area contributed by atoms with E-state index < -0.39 is 14.1 Å². The lowest BCUT2D eigenvalue weighted by atomic mass is 9.99. The summed E-state index contributed by atoms with van der Waals surface area (Å²) in [6.45, 7) is 13.8. The zero-order valence-electron chi connectivity index (χ0n) is 33.5. The van der Waals surface area contributed by atoms with Crippen molar-refractivity contribution in [2.45, 2.75) is 225 Å². The lowest BCUT2D eigenvalue weighted by Gasteiger charge is -2.33. The Morgan fingerprint density at radius 3 is 1.92 bits per heavy atom. The summed E-state index contributed by atoms with van der Waals surface area (Å²) >= 11 is 0. The fraction of sp³-hybridized carbons (Fsp3) is 0.795. The molecule has 0 unspecified atom stereocenters. The van der Waals surface area contributed by atoms with Crippen LogP contribution in [0.25, 0.3) is 0 Å². The van der Waals surface area contributed by atoms with Crippen LogP contribution in [0.5, 0.6) is 0 Å². The monoisotopic (exact) mass is 715 g/mol. The van der Waals surface area contributed by atoms with Gasteiger partial charge in [-0.2, -0.15) is 0 Å². The topological polar surface area (TPSA) is 54.0 Å². The van der Waals surface area contributed by atoms with Crippen LogP contribution in [0, 0.1) is 0 Å². The van der Waals surface area contributed by atoms with Crippen molar-refractivity contribution in [2.75, 3.05) is 0 Å². The number of hydrogen-bond donors (Lipinski definition) is 0. The molecule has 1 fully saturated rings. The Hall–Kier alpha value is -1.47. The molecule has 1 aromatic carbocycles. The summed E-state index contributed by atoms with van der Waals surface area (Å²) in [5.74, 6) is -0.569. The third-order valence-electron chi connectivity index (χ3n) is 10.8. The van der Waals surface area contributed by atoms with Crippen molar-refractivity contribution < 1.29 is 23.4 Å². The number of rotatable bonds is 31. The second-order valence-electron chi connectivity index (χ2n) is 15.4. The molecule has 0 amide bonds. The van der Waals surface area contributed by atoms with Crippen molar-refractivity contribution in [2.24, 2.45) is 0 Å². The number of carbonyl (C=O) groups excluding carboxylic acids is 1. The average molecular weight is 715 g/mol. The first kappa shape index (κ1) is 44.7. The van der Waals surface area contributed by atoms with Crippen LogP contribution in [0.4, 0.5) is 0 Å². The van der Waals surface area contributed by atoms with E-state index in [0.717, 1.165) is 50.5 Å². The molecule has 1 aliphatic heterocycles. The molecule has 6 heteroatoms. The van der Waals surface area contributed by atoms with E-state index in [1.807, 2.05) is 30.3 Å². The summed E-state index contributed by atoms with van der Waals surface area (Å²) in [6.07, 6.45) is 30.3. The molecule has 1 heterocycles. The predicted octanol–water partition coefficient (Wildman–Crippen LogP) is 13.4. The van der Waals surface area contributed by atoms with Gasteiger partial charge in [-0.05, 0) is 82.5 Å². The van der Waals surface area contributed by atoms with Gasteiger partial charge in [-0.1, -0.05) is 154 Å². The summed E-state index contributed by atoms with van der Waals surface area (Å²) < 4.78 is 25.4. The van der Waals surface area contributed by atoms with Crippen LogP contribution in [-0.4, -0.2) is 38.4 Å². The molecule has 0 saturated carbocycles. The molecule has 3 atom stereocenters. The van der Waals surface area contributed by atoms with Crippen LogP contribution >= 0.6 is 0 Å². The summed E-state index contributed by atoms with van der Waals surface area (Å²) in [4.78, 5) is 12.0. The van der Waals surface area contributed by atoms with Gasteiger partial charge >= 0.3 is 5.97 Å². The Balaban J connectivity index is 1.67. The summed E-state index contributed by atoms with van der Waals surface area (Å²) in [5, 5.41) is 0. The van der Waals surface area contributed by atoms with Crippen molar-refractivity contribution in [1.29, 1.82) is 0 Å². The minimum Gasteiger partial charge on any atom is -0.461 e. The highest BCUT2D eigenvalue weighted by atomic mass is 28.4. The highest BCUT2D eigenvalue weighted by Gasteiger charge is 2.41. The molecule has 0 bridgehead atoms. The second-order valence-corrected chi connectivity index (χ2v) is 20.1. The summed E-state index contributed by atoms with van der Waals surface area (Å²) in [7, 11) is -1.70. The van der Waals surface area contributed by atoms with E-state index in [2.05, 4.69) is 53.7 Å². The van der Waals surface area contributed by atoms with Gasteiger partial charge in [-0.15, -0.1) is 0 Å². The first-order chi connectivity index (χ1) is 24.3. The van der Waals surface area contributed by atoms with Crippen LogP contribution in [0.15, 0.2) is 42.5 Å². The van der Waals surface area contributed by atoms with Crippen molar-refractivity contribution >= 4 is 14.3 Å². The van der Waals surface area contributed by atoms with Gasteiger partial charge in [0.2, 0.25) is 0 Å². The Morgan fingerprint density at radius 2 is 1.30 bits per heavy atom. The molecule has 288 valence electrons. The van der Waals surface area contributed by atoms with Gasteiger partial charge in [0, 0.05) is 12.5 Å². The average Bonchev–Trinajstić information content (AvgIpc) is 3.42. The first-order valence-electron chi connectivity index (χ1n) is 21.1. The van der Waals surface area contributed by atoms with Crippen LogP contribution < -0.4 is 0 Å². The minimum absolute atomic E-state index is 0.0801. The van der Waals surface area contributed by atoms with Gasteiger partial charge in [0.05, 0.1) is 12.2 Å². The number of allylic oxidation sites excluding steroid dienone is 1. The van der Waals surface area contributed by atoms with Gasteiger partial charge in [-0.25, -0.2) is 0 Å². The lowest BCUT2D eigenvalue weighted by Crippen LogP contribution is -2.40. The number of esters is 1. The standard InChI is InChI=1S/C44H78O5Si/c1-7-11-12-13-14-20-23-29-34-41-42(48-44(5,6)47-41)37-36-40(49-50(8-2,9-3)10-4)33-28-22-19-17-15-16-18-21-24-30-35-43(45)46-38-39-31-26-25-27-32-39/h22,25-28,31-32,40-42H,7-21,23-24,29-30,33-38H2,1-6H3/b28-22-/t40-,41-,42-/m0/s1. The minimum atomic E-state index is -1.70. The number of unbranched alkanes of at least 4 members (excludes halogenated alkanes) is 14. The molecule has 0 spiro atoms. The van der Waals surface area contributed by atoms with Crippen LogP contribution in [0.3, 0.4) is 0 Å². The van der Waals surface area contributed by atoms with E-state index in [-0.39, 0.29) is 24.3 Å². The zero-order chi connectivity index (χ0) is 36.3. The lowest BCUT2D eigenvalue weighted by molar-refractivity contribution is -0.147. The Morgan fingerprint density at radius 1 is 0.740 bits per heavy atom. The number of carbonyl (C=O) groups is 1. The highest BCUT2D eigenvalue weighted by molar-refractivity contribution is 6.73. The normalized spacial score (nSPS) is 18.2. The maximum absolute atomic E-state index is 12.0. The van der Waals surface area contributed by atoms with Crippen molar-refractivity contribution in [3.63, 3.8) is 0 Å². The highest BCUT2D eigenvalue weighted by Crippen LogP contribution is 2.35. The molecule has 50 heavy (non-hydrogen) atoms. The number of hydrogen-bond acceptors (Lipinski definition) is 5. The molecule has 1 aromatic rings. The van der Waals surface area contributed by atoms with Gasteiger partial charge in [0.25, 0.3) is 0 Å². The summed E-state index contributed by atoms with van der Waals surface area (Å²) in [6, 6.07) is 13.5. The van der Waals surface area contributed by atoms with E-state index >= 15 is 0 Å². The van der Waals surface area contributed by atoms with E-state index in [1.54, 1.807) is 0 Å². The van der Waals surface area contributed by atoms with Gasteiger partial charge in [-0.3, -0.25) is 4.79 Å². The smallest absolute Gasteiger partial charge is 0.306 e.